The molecule has 0 aliphatic carbocycles. The molecule has 12 aromatic carbocycles. The minimum Gasteiger partial charge on any atom is -0.308 e. The molecule has 0 unspecified atom stereocenters. The van der Waals surface area contributed by atoms with Crippen molar-refractivity contribution in [3.05, 3.63) is 296 Å². The van der Waals surface area contributed by atoms with Crippen molar-refractivity contribution in [1.29, 1.82) is 10.5 Å². The Bertz CT molecular complexity index is 4940. The highest BCUT2D eigenvalue weighted by molar-refractivity contribution is 6.13. The van der Waals surface area contributed by atoms with Gasteiger partial charge in [-0.05, 0) is 141 Å². The minimum atomic E-state index is 0.398. The topological polar surface area (TPSA) is 96.1 Å². The number of hydrogen-bond acceptors (Lipinski definition) is 5. The van der Waals surface area contributed by atoms with Gasteiger partial charge in [0.05, 0.1) is 56.7 Å². The molecule has 0 aliphatic rings. The molecule has 0 atom stereocenters. The summed E-state index contributed by atoms with van der Waals surface area (Å²) in [4.78, 5) is 16.4. The summed E-state index contributed by atoms with van der Waals surface area (Å²) >= 11 is 0. The van der Waals surface area contributed by atoms with E-state index in [4.69, 9.17) is 15.0 Å². The van der Waals surface area contributed by atoms with Crippen molar-refractivity contribution in [3.63, 3.8) is 0 Å². The molecule has 0 N–H and O–H groups in total. The molecule has 3 heterocycles. The first-order valence-electron chi connectivity index (χ1n) is 27.9. The number of aromatic nitrogens is 5. The van der Waals surface area contributed by atoms with E-state index >= 15 is 0 Å². The van der Waals surface area contributed by atoms with Crippen LogP contribution in [-0.4, -0.2) is 24.1 Å². The molecule has 0 spiro atoms. The largest absolute Gasteiger partial charge is 0.308 e. The summed E-state index contributed by atoms with van der Waals surface area (Å²) in [6.45, 7) is 0. The van der Waals surface area contributed by atoms with Crippen molar-refractivity contribution in [2.45, 2.75) is 0 Å². The quantitative estimate of drug-likeness (QED) is 0.136. The Balaban J connectivity index is 1.00. The summed E-state index contributed by atoms with van der Waals surface area (Å²) in [6, 6.07) is 103. The van der Waals surface area contributed by atoms with E-state index in [2.05, 4.69) is 209 Å². The molecule has 7 heteroatoms. The summed E-state index contributed by atoms with van der Waals surface area (Å²) in [5.74, 6) is 1.30. The molecule has 0 aliphatic heterocycles. The first-order valence-corrected chi connectivity index (χ1v) is 27.9. The molecule has 0 saturated carbocycles. The third-order valence-electron chi connectivity index (χ3n) is 16.1. The lowest BCUT2D eigenvalue weighted by atomic mass is 9.97. The van der Waals surface area contributed by atoms with Crippen molar-refractivity contribution in [1.82, 2.24) is 24.1 Å². The minimum absolute atomic E-state index is 0.398. The normalized spacial score (nSPS) is 11.3. The molecule has 0 amide bonds. The van der Waals surface area contributed by atoms with Gasteiger partial charge in [0.2, 0.25) is 0 Å². The molecule has 0 bridgehead atoms. The van der Waals surface area contributed by atoms with Gasteiger partial charge < -0.3 is 9.13 Å². The Morgan fingerprint density at radius 1 is 0.250 bits per heavy atom. The molecule has 3 aromatic heterocycles. The zero-order chi connectivity index (χ0) is 56.1. The smallest absolute Gasteiger partial charge is 0.166 e. The lowest BCUT2D eigenvalue weighted by Gasteiger charge is -2.18. The Morgan fingerprint density at radius 3 is 1.07 bits per heavy atom. The first-order chi connectivity index (χ1) is 41.5. The second-order valence-electron chi connectivity index (χ2n) is 21.0. The predicted octanol–water partition coefficient (Wildman–Crippen LogP) is 19.1. The molecule has 15 rings (SSSR count). The van der Waals surface area contributed by atoms with E-state index in [-0.39, 0.29) is 0 Å². The number of rotatable bonds is 10. The SMILES string of the molecule is N#Cc1ccc(-n2c3ccc(-c4ccccc4)cc3c3cc(-c4ccccc4)ccc32)c(-c2nc(-c3ccccc3)nc(-c3ccc(-c4ccccc4C#N)cc3-n3c4ccc(-c5ccccc5)cc4c4cc(-c5ccccc5)ccc43)n2)c1. The van der Waals surface area contributed by atoms with Crippen LogP contribution in [0.15, 0.2) is 285 Å². The van der Waals surface area contributed by atoms with E-state index in [1.165, 1.54) is 0 Å². The summed E-state index contributed by atoms with van der Waals surface area (Å²) in [5.41, 5.74) is 19.4. The molecule has 390 valence electrons. The van der Waals surface area contributed by atoms with Gasteiger partial charge in [-0.3, -0.25) is 0 Å². The van der Waals surface area contributed by atoms with Crippen LogP contribution in [0, 0.1) is 22.7 Å². The van der Waals surface area contributed by atoms with Crippen LogP contribution in [0.25, 0.3) is 145 Å². The number of nitriles is 2. The van der Waals surface area contributed by atoms with Crippen LogP contribution in [0.1, 0.15) is 11.1 Å². The van der Waals surface area contributed by atoms with Crippen molar-refractivity contribution >= 4 is 43.6 Å². The van der Waals surface area contributed by atoms with Crippen LogP contribution in [0.3, 0.4) is 0 Å². The van der Waals surface area contributed by atoms with Crippen molar-refractivity contribution < 1.29 is 0 Å². The van der Waals surface area contributed by atoms with Gasteiger partial charge in [-0.25, -0.2) is 15.0 Å². The molecular weight excluding hydrogens is 1020 g/mol. The predicted molar refractivity (Wildman–Crippen MR) is 341 cm³/mol. The molecule has 0 saturated heterocycles. The second kappa shape index (κ2) is 20.7. The maximum absolute atomic E-state index is 10.7. The summed E-state index contributed by atoms with van der Waals surface area (Å²) in [7, 11) is 0. The fourth-order valence-electron chi connectivity index (χ4n) is 12.0. The fourth-order valence-corrected chi connectivity index (χ4v) is 12.0. The Kier molecular flexibility index (Phi) is 12.2. The Hall–Kier alpha value is -11.8. The van der Waals surface area contributed by atoms with E-state index in [0.29, 0.717) is 34.2 Å². The van der Waals surface area contributed by atoms with E-state index in [1.54, 1.807) is 0 Å². The lowest BCUT2D eigenvalue weighted by molar-refractivity contribution is 1.06. The maximum Gasteiger partial charge on any atom is 0.166 e. The van der Waals surface area contributed by atoms with Crippen molar-refractivity contribution in [2.24, 2.45) is 0 Å². The number of fused-ring (bicyclic) bond motifs is 6. The first kappa shape index (κ1) is 49.3. The molecule has 7 nitrogen and oxygen atoms in total. The number of hydrogen-bond donors (Lipinski definition) is 0. The van der Waals surface area contributed by atoms with Gasteiger partial charge in [0.1, 0.15) is 0 Å². The van der Waals surface area contributed by atoms with Crippen LogP contribution < -0.4 is 0 Å². The summed E-state index contributed by atoms with van der Waals surface area (Å²) in [6.07, 6.45) is 0. The summed E-state index contributed by atoms with van der Waals surface area (Å²) < 4.78 is 4.61. The Labute approximate surface area is 485 Å². The lowest BCUT2D eigenvalue weighted by Crippen LogP contribution is -2.06. The van der Waals surface area contributed by atoms with Crippen molar-refractivity contribution in [2.75, 3.05) is 0 Å². The zero-order valence-electron chi connectivity index (χ0n) is 45.3. The van der Waals surface area contributed by atoms with Crippen LogP contribution >= 0.6 is 0 Å². The maximum atomic E-state index is 10.7. The van der Waals surface area contributed by atoms with E-state index in [1.807, 2.05) is 97.1 Å². The van der Waals surface area contributed by atoms with E-state index in [9.17, 15) is 10.5 Å². The van der Waals surface area contributed by atoms with Crippen LogP contribution in [0.5, 0.6) is 0 Å². The van der Waals surface area contributed by atoms with Gasteiger partial charge in [-0.1, -0.05) is 200 Å². The van der Waals surface area contributed by atoms with Crippen molar-refractivity contribution in [3.8, 4) is 113 Å². The second-order valence-corrected chi connectivity index (χ2v) is 21.0. The third-order valence-corrected chi connectivity index (χ3v) is 16.1. The highest BCUT2D eigenvalue weighted by atomic mass is 15.1. The van der Waals surface area contributed by atoms with Gasteiger partial charge in [-0.15, -0.1) is 0 Å². The number of nitrogens with zero attached hydrogens (tertiary/aromatic N) is 7. The monoisotopic (exact) mass is 1070 g/mol. The van der Waals surface area contributed by atoms with Crippen LogP contribution in [0.2, 0.25) is 0 Å². The average Bonchev–Trinajstić information content (AvgIpc) is 2.22. The van der Waals surface area contributed by atoms with E-state index in [0.717, 1.165) is 122 Å². The molecule has 0 radical (unpaired) electrons. The molecule has 84 heavy (non-hydrogen) atoms. The standard InChI is InChI=1S/C77H47N7/c78-48-50-30-37-73(83-69-38-32-56(51-18-6-1-7-19-51)43-64(69)65-44-57(33-39-70(65)83)52-20-8-2-9-21-52)68(42-50)77-81-75(55-26-14-5-15-27-55)80-76(82-77)63-36-31-60(62-29-17-16-28-61(62)49-79)47-74(63)84-71-40-34-58(53-22-10-3-11-23-53)45-66(71)67-46-59(35-41-72(67)84)54-24-12-4-13-25-54/h1-47H. The highest BCUT2D eigenvalue weighted by Crippen LogP contribution is 2.44. The Morgan fingerprint density at radius 2 is 0.631 bits per heavy atom. The van der Waals surface area contributed by atoms with Crippen LogP contribution in [0.4, 0.5) is 0 Å². The van der Waals surface area contributed by atoms with E-state index < -0.39 is 0 Å². The van der Waals surface area contributed by atoms with Gasteiger partial charge in [0.15, 0.2) is 17.5 Å². The highest BCUT2D eigenvalue weighted by Gasteiger charge is 2.25. The average molecular weight is 1070 g/mol. The summed E-state index contributed by atoms with van der Waals surface area (Å²) in [5, 5.41) is 25.6. The van der Waals surface area contributed by atoms with Gasteiger partial charge in [0.25, 0.3) is 0 Å². The number of benzene rings is 12. The third kappa shape index (κ3) is 8.65. The zero-order valence-corrected chi connectivity index (χ0v) is 45.3. The van der Waals surface area contributed by atoms with Gasteiger partial charge in [0, 0.05) is 38.2 Å². The molecular formula is C77H47N7. The fraction of sp³-hybridized carbons (Fsp3) is 0. The van der Waals surface area contributed by atoms with Gasteiger partial charge >= 0.3 is 0 Å². The molecule has 0 fully saturated rings. The van der Waals surface area contributed by atoms with Crippen LogP contribution in [-0.2, 0) is 0 Å². The molecule has 15 aromatic rings. The van der Waals surface area contributed by atoms with Gasteiger partial charge in [-0.2, -0.15) is 10.5 Å².